The minimum absolute atomic E-state index is 0.446. The van der Waals surface area contributed by atoms with Gasteiger partial charge in [0, 0.05) is 12.7 Å². The first-order valence-electron chi connectivity index (χ1n) is 7.27. The Balaban J connectivity index is 2.11. The molecule has 2 N–H and O–H groups in total. The molecule has 1 fully saturated rings. The molecule has 1 aromatic rings. The molecule has 1 aliphatic rings. The van der Waals surface area contributed by atoms with Crippen LogP contribution in [0, 0.1) is 0 Å². The highest BCUT2D eigenvalue weighted by atomic mass is 35.5. The molecule has 1 aromatic heterocycles. The second-order valence-corrected chi connectivity index (χ2v) is 5.71. The van der Waals surface area contributed by atoms with Crippen molar-refractivity contribution >= 4 is 23.2 Å². The van der Waals surface area contributed by atoms with Crippen molar-refractivity contribution in [1.29, 1.82) is 0 Å². The standard InChI is InChI=1S/C16H22ClN5/c1-5-6-7-13(11(2)3)20-16(18-4)21-14-10-19-22(15(14)17)12-8-9-12/h5-7,10,12H,1,8-9H2,2-4H3,(H2,18,20,21)/b7-6-. The highest BCUT2D eigenvalue weighted by Crippen LogP contribution is 2.38. The third-order valence-corrected chi connectivity index (χ3v) is 3.67. The van der Waals surface area contributed by atoms with Crippen LogP contribution in [0.15, 0.2) is 47.3 Å². The van der Waals surface area contributed by atoms with Crippen molar-refractivity contribution in [3.63, 3.8) is 0 Å². The normalized spacial score (nSPS) is 15.0. The van der Waals surface area contributed by atoms with E-state index in [0.717, 1.165) is 29.8 Å². The number of aliphatic imine (C=N–C) groups is 1. The summed E-state index contributed by atoms with van der Waals surface area (Å²) >= 11 is 6.36. The van der Waals surface area contributed by atoms with Crippen LogP contribution in [0.2, 0.25) is 5.15 Å². The number of hydrogen-bond donors (Lipinski definition) is 2. The maximum absolute atomic E-state index is 6.36. The van der Waals surface area contributed by atoms with Gasteiger partial charge < -0.3 is 10.6 Å². The maximum atomic E-state index is 6.36. The van der Waals surface area contributed by atoms with Gasteiger partial charge in [-0.1, -0.05) is 35.9 Å². The van der Waals surface area contributed by atoms with Gasteiger partial charge in [0.2, 0.25) is 0 Å². The summed E-state index contributed by atoms with van der Waals surface area (Å²) in [4.78, 5) is 4.23. The Bertz CT molecular complexity index is 631. The molecule has 0 radical (unpaired) electrons. The monoisotopic (exact) mass is 319 g/mol. The number of hydrogen-bond acceptors (Lipinski definition) is 2. The first-order chi connectivity index (χ1) is 10.6. The number of halogens is 1. The summed E-state index contributed by atoms with van der Waals surface area (Å²) in [5, 5.41) is 11.4. The fourth-order valence-corrected chi connectivity index (χ4v) is 2.18. The smallest absolute Gasteiger partial charge is 0.200 e. The van der Waals surface area contributed by atoms with Crippen molar-refractivity contribution in [2.45, 2.75) is 32.7 Å². The first-order valence-corrected chi connectivity index (χ1v) is 7.65. The Labute approximate surface area is 136 Å². The van der Waals surface area contributed by atoms with Crippen LogP contribution in [0.25, 0.3) is 0 Å². The second-order valence-electron chi connectivity index (χ2n) is 5.36. The largest absolute Gasteiger partial charge is 0.326 e. The van der Waals surface area contributed by atoms with Crippen molar-refractivity contribution in [3.8, 4) is 0 Å². The summed E-state index contributed by atoms with van der Waals surface area (Å²) in [5.74, 6) is 0.613. The molecule has 1 heterocycles. The number of allylic oxidation sites excluding steroid dienone is 4. The van der Waals surface area contributed by atoms with E-state index in [1.54, 1.807) is 19.3 Å². The van der Waals surface area contributed by atoms with E-state index in [1.165, 1.54) is 0 Å². The van der Waals surface area contributed by atoms with Crippen LogP contribution in [-0.2, 0) is 0 Å². The van der Waals surface area contributed by atoms with E-state index in [9.17, 15) is 0 Å². The molecule has 1 saturated carbocycles. The van der Waals surface area contributed by atoms with Crippen LogP contribution >= 0.6 is 11.6 Å². The van der Waals surface area contributed by atoms with Gasteiger partial charge in [-0.3, -0.25) is 4.99 Å². The quantitative estimate of drug-likeness (QED) is 0.492. The molecular formula is C16H22ClN5. The third-order valence-electron chi connectivity index (χ3n) is 3.29. The van der Waals surface area contributed by atoms with E-state index in [2.05, 4.69) is 27.3 Å². The molecule has 6 heteroatoms. The molecule has 22 heavy (non-hydrogen) atoms. The van der Waals surface area contributed by atoms with E-state index in [-0.39, 0.29) is 0 Å². The van der Waals surface area contributed by atoms with E-state index < -0.39 is 0 Å². The Morgan fingerprint density at radius 1 is 1.50 bits per heavy atom. The zero-order chi connectivity index (χ0) is 16.1. The van der Waals surface area contributed by atoms with Gasteiger partial charge in [-0.05, 0) is 32.8 Å². The molecule has 0 aliphatic heterocycles. The summed E-state index contributed by atoms with van der Waals surface area (Å²) in [6.45, 7) is 7.74. The highest BCUT2D eigenvalue weighted by molar-refractivity contribution is 6.32. The molecule has 2 rings (SSSR count). The zero-order valence-corrected chi connectivity index (χ0v) is 14.0. The first kappa shape index (κ1) is 16.4. The zero-order valence-electron chi connectivity index (χ0n) is 13.2. The van der Waals surface area contributed by atoms with Crippen LogP contribution in [0.1, 0.15) is 32.7 Å². The Morgan fingerprint density at radius 3 is 2.77 bits per heavy atom. The fraction of sp³-hybridized carbons (Fsp3) is 0.375. The predicted octanol–water partition coefficient (Wildman–Crippen LogP) is 3.89. The minimum atomic E-state index is 0.446. The number of anilines is 1. The van der Waals surface area contributed by atoms with E-state index >= 15 is 0 Å². The lowest BCUT2D eigenvalue weighted by molar-refractivity contribution is 0.643. The van der Waals surface area contributed by atoms with Gasteiger partial charge in [0.25, 0.3) is 0 Å². The van der Waals surface area contributed by atoms with Crippen LogP contribution in [0.3, 0.4) is 0 Å². The lowest BCUT2D eigenvalue weighted by Gasteiger charge is -2.13. The minimum Gasteiger partial charge on any atom is -0.326 e. The SMILES string of the molecule is C=C/C=C\C(NC(=NC)Nc1cnn(C2CC2)c1Cl)=C(C)C. The average Bonchev–Trinajstić information content (AvgIpc) is 3.27. The Kier molecular flexibility index (Phi) is 5.44. The van der Waals surface area contributed by atoms with E-state index in [1.807, 2.05) is 30.7 Å². The van der Waals surface area contributed by atoms with Gasteiger partial charge in [0.1, 0.15) is 0 Å². The fourth-order valence-electron chi connectivity index (χ4n) is 1.90. The second kappa shape index (κ2) is 7.31. The number of rotatable bonds is 5. The molecule has 118 valence electrons. The predicted molar refractivity (Wildman–Crippen MR) is 93.3 cm³/mol. The van der Waals surface area contributed by atoms with Gasteiger partial charge in [-0.2, -0.15) is 5.10 Å². The summed E-state index contributed by atoms with van der Waals surface area (Å²) in [5.41, 5.74) is 2.85. The van der Waals surface area contributed by atoms with Crippen LogP contribution in [0.5, 0.6) is 0 Å². The lowest BCUT2D eigenvalue weighted by atomic mass is 10.2. The number of aromatic nitrogens is 2. The van der Waals surface area contributed by atoms with E-state index in [4.69, 9.17) is 11.6 Å². The van der Waals surface area contributed by atoms with Crippen molar-refractivity contribution in [1.82, 2.24) is 15.1 Å². The van der Waals surface area contributed by atoms with Crippen LogP contribution < -0.4 is 10.6 Å². The topological polar surface area (TPSA) is 54.2 Å². The van der Waals surface area contributed by atoms with E-state index in [0.29, 0.717) is 17.2 Å². The summed E-state index contributed by atoms with van der Waals surface area (Å²) < 4.78 is 1.86. The number of nitrogens with zero attached hydrogens (tertiary/aromatic N) is 3. The Hall–Kier alpha value is -2.01. The summed E-state index contributed by atoms with van der Waals surface area (Å²) in [6, 6.07) is 0.446. The molecule has 0 atom stereocenters. The van der Waals surface area contributed by atoms with Crippen LogP contribution in [-0.4, -0.2) is 22.8 Å². The van der Waals surface area contributed by atoms with Crippen LogP contribution in [0.4, 0.5) is 5.69 Å². The summed E-state index contributed by atoms with van der Waals surface area (Å²) in [7, 11) is 1.72. The molecule has 0 spiro atoms. The molecule has 0 bridgehead atoms. The molecular weight excluding hydrogens is 298 g/mol. The molecule has 5 nitrogen and oxygen atoms in total. The number of guanidine groups is 1. The average molecular weight is 320 g/mol. The molecule has 0 unspecified atom stereocenters. The molecule has 0 amide bonds. The molecule has 0 saturated heterocycles. The summed E-state index contributed by atoms with van der Waals surface area (Å²) in [6.07, 6.45) is 9.57. The maximum Gasteiger partial charge on any atom is 0.200 e. The van der Waals surface area contributed by atoms with Gasteiger partial charge in [0.15, 0.2) is 11.1 Å². The van der Waals surface area contributed by atoms with Crippen molar-refractivity contribution in [3.05, 3.63) is 47.4 Å². The van der Waals surface area contributed by atoms with Gasteiger partial charge in [-0.15, -0.1) is 0 Å². The Morgan fingerprint density at radius 2 is 2.23 bits per heavy atom. The van der Waals surface area contributed by atoms with Crippen molar-refractivity contribution in [2.75, 3.05) is 12.4 Å². The van der Waals surface area contributed by atoms with Crippen molar-refractivity contribution in [2.24, 2.45) is 4.99 Å². The number of nitrogens with one attached hydrogen (secondary N) is 2. The van der Waals surface area contributed by atoms with Gasteiger partial charge >= 0.3 is 0 Å². The molecule has 1 aliphatic carbocycles. The highest BCUT2D eigenvalue weighted by Gasteiger charge is 2.27. The third kappa shape index (κ3) is 4.01. The van der Waals surface area contributed by atoms with Crippen molar-refractivity contribution < 1.29 is 0 Å². The van der Waals surface area contributed by atoms with Gasteiger partial charge in [0.05, 0.1) is 17.9 Å². The molecule has 0 aromatic carbocycles. The van der Waals surface area contributed by atoms with Gasteiger partial charge in [-0.25, -0.2) is 4.68 Å². The lowest BCUT2D eigenvalue weighted by Crippen LogP contribution is -2.30.